The Labute approximate surface area is 107 Å². The third kappa shape index (κ3) is 5.01. The largest absolute Gasteiger partial charge is 0.497 e. The fraction of sp³-hybridized carbons (Fsp3) is 0.357. The molecule has 0 fully saturated rings. The summed E-state index contributed by atoms with van der Waals surface area (Å²) in [5, 5.41) is 0. The molecule has 4 nitrogen and oxygen atoms in total. The van der Waals surface area contributed by atoms with Gasteiger partial charge in [-0.1, -0.05) is 12.1 Å². The molecule has 0 radical (unpaired) electrons. The minimum absolute atomic E-state index is 0.361. The van der Waals surface area contributed by atoms with Gasteiger partial charge in [0.05, 0.1) is 27.4 Å². The van der Waals surface area contributed by atoms with E-state index in [1.165, 1.54) is 13.2 Å². The molecule has 4 heteroatoms. The molecule has 1 aromatic carbocycles. The summed E-state index contributed by atoms with van der Waals surface area (Å²) in [4.78, 5) is 11.0. The van der Waals surface area contributed by atoms with Crippen molar-refractivity contribution in [2.45, 2.75) is 13.5 Å². The third-order valence-corrected chi connectivity index (χ3v) is 2.32. The summed E-state index contributed by atoms with van der Waals surface area (Å²) in [6, 6.07) is 7.65. The lowest BCUT2D eigenvalue weighted by Crippen LogP contribution is -2.01. The Morgan fingerprint density at radius 3 is 2.44 bits per heavy atom. The lowest BCUT2D eigenvalue weighted by Gasteiger charge is -2.05. The molecular formula is C14H18O4. The van der Waals surface area contributed by atoms with Gasteiger partial charge < -0.3 is 14.2 Å². The maximum absolute atomic E-state index is 11.0. The molecule has 98 valence electrons. The molecule has 1 aromatic rings. The normalized spacial score (nSPS) is 11.2. The van der Waals surface area contributed by atoms with Crippen LogP contribution in [0.4, 0.5) is 0 Å². The van der Waals surface area contributed by atoms with Gasteiger partial charge in [0.2, 0.25) is 0 Å². The van der Waals surface area contributed by atoms with Crippen molar-refractivity contribution < 1.29 is 19.0 Å². The number of ether oxygens (including phenoxy) is 3. The van der Waals surface area contributed by atoms with Crippen molar-refractivity contribution in [3.05, 3.63) is 41.5 Å². The van der Waals surface area contributed by atoms with Gasteiger partial charge in [-0.25, -0.2) is 4.79 Å². The molecule has 0 saturated carbocycles. The van der Waals surface area contributed by atoms with Crippen LogP contribution < -0.4 is 4.74 Å². The summed E-state index contributed by atoms with van der Waals surface area (Å²) in [5.74, 6) is 0.459. The first-order valence-corrected chi connectivity index (χ1v) is 5.61. The third-order valence-electron chi connectivity index (χ3n) is 2.32. The molecule has 18 heavy (non-hydrogen) atoms. The van der Waals surface area contributed by atoms with E-state index in [4.69, 9.17) is 9.47 Å². The zero-order valence-electron chi connectivity index (χ0n) is 10.9. The van der Waals surface area contributed by atoms with Crippen molar-refractivity contribution in [3.8, 4) is 5.75 Å². The molecule has 1 rings (SSSR count). The highest BCUT2D eigenvalue weighted by molar-refractivity contribution is 5.82. The van der Waals surface area contributed by atoms with Crippen LogP contribution in [0.1, 0.15) is 12.5 Å². The molecule has 0 unspecified atom stereocenters. The summed E-state index contributed by atoms with van der Waals surface area (Å²) < 4.78 is 15.1. The second kappa shape index (κ2) is 7.50. The quantitative estimate of drug-likeness (QED) is 0.574. The van der Waals surface area contributed by atoms with Crippen LogP contribution in [0.15, 0.2) is 35.9 Å². The van der Waals surface area contributed by atoms with E-state index >= 15 is 0 Å². The fourth-order valence-corrected chi connectivity index (χ4v) is 1.35. The van der Waals surface area contributed by atoms with Gasteiger partial charge in [0.1, 0.15) is 5.75 Å². The Bertz CT molecular complexity index is 406. The highest BCUT2D eigenvalue weighted by Crippen LogP contribution is 2.12. The topological polar surface area (TPSA) is 44.8 Å². The van der Waals surface area contributed by atoms with E-state index in [1.807, 2.05) is 31.2 Å². The van der Waals surface area contributed by atoms with E-state index in [2.05, 4.69) is 4.74 Å². The molecule has 0 aliphatic heterocycles. The summed E-state index contributed by atoms with van der Waals surface area (Å²) in [7, 11) is 2.98. The number of rotatable bonds is 6. The minimum Gasteiger partial charge on any atom is -0.497 e. The van der Waals surface area contributed by atoms with Crippen molar-refractivity contribution >= 4 is 5.97 Å². The van der Waals surface area contributed by atoms with Crippen LogP contribution in [0.2, 0.25) is 0 Å². The van der Waals surface area contributed by atoms with Crippen LogP contribution in [0.25, 0.3) is 0 Å². The second-order valence-electron chi connectivity index (χ2n) is 3.85. The molecule has 0 spiro atoms. The zero-order valence-corrected chi connectivity index (χ0v) is 10.9. The first-order chi connectivity index (χ1) is 8.65. The molecule has 0 aliphatic rings. The van der Waals surface area contributed by atoms with Crippen LogP contribution in [0.5, 0.6) is 5.75 Å². The number of carbonyl (C=O) groups is 1. The Morgan fingerprint density at radius 1 is 1.22 bits per heavy atom. The maximum Gasteiger partial charge on any atom is 0.330 e. The van der Waals surface area contributed by atoms with E-state index in [9.17, 15) is 4.79 Å². The van der Waals surface area contributed by atoms with E-state index in [0.717, 1.165) is 16.9 Å². The molecule has 0 heterocycles. The Balaban J connectivity index is 2.37. The summed E-state index contributed by atoms with van der Waals surface area (Å²) in [5.41, 5.74) is 1.89. The molecule has 0 amide bonds. The van der Waals surface area contributed by atoms with Gasteiger partial charge in [0.25, 0.3) is 0 Å². The smallest absolute Gasteiger partial charge is 0.330 e. The predicted octanol–water partition coefficient (Wildman–Crippen LogP) is 2.33. The van der Waals surface area contributed by atoms with Gasteiger partial charge in [-0.2, -0.15) is 0 Å². The van der Waals surface area contributed by atoms with Crippen molar-refractivity contribution in [1.82, 2.24) is 0 Å². The fourth-order valence-electron chi connectivity index (χ4n) is 1.35. The number of hydrogen-bond donors (Lipinski definition) is 0. The Morgan fingerprint density at radius 2 is 1.89 bits per heavy atom. The van der Waals surface area contributed by atoms with Gasteiger partial charge in [-0.05, 0) is 30.2 Å². The van der Waals surface area contributed by atoms with E-state index in [1.54, 1.807) is 7.11 Å². The molecule has 0 aromatic heterocycles. The summed E-state index contributed by atoms with van der Waals surface area (Å²) in [6.07, 6.45) is 1.42. The average Bonchev–Trinajstić information content (AvgIpc) is 2.39. The first-order valence-electron chi connectivity index (χ1n) is 5.61. The molecule has 0 atom stereocenters. The minimum atomic E-state index is -0.361. The van der Waals surface area contributed by atoms with Crippen LogP contribution >= 0.6 is 0 Å². The van der Waals surface area contributed by atoms with E-state index < -0.39 is 0 Å². The van der Waals surface area contributed by atoms with Crippen molar-refractivity contribution in [2.24, 2.45) is 0 Å². The summed E-state index contributed by atoms with van der Waals surface area (Å²) in [6.45, 7) is 2.72. The SMILES string of the molecule is COC(=O)/C=C(/C)COCc1ccc(OC)cc1. The lowest BCUT2D eigenvalue weighted by atomic mass is 10.2. The Hall–Kier alpha value is -1.81. The number of hydrogen-bond acceptors (Lipinski definition) is 4. The van der Waals surface area contributed by atoms with Gasteiger partial charge in [0.15, 0.2) is 0 Å². The summed E-state index contributed by atoms with van der Waals surface area (Å²) >= 11 is 0. The lowest BCUT2D eigenvalue weighted by molar-refractivity contribution is -0.134. The highest BCUT2D eigenvalue weighted by atomic mass is 16.5. The van der Waals surface area contributed by atoms with Crippen molar-refractivity contribution in [3.63, 3.8) is 0 Å². The van der Waals surface area contributed by atoms with Crippen LogP contribution in [0, 0.1) is 0 Å². The maximum atomic E-state index is 11.0. The average molecular weight is 250 g/mol. The van der Waals surface area contributed by atoms with Gasteiger partial charge >= 0.3 is 5.97 Å². The number of carbonyl (C=O) groups excluding carboxylic acids is 1. The molecule has 0 aliphatic carbocycles. The van der Waals surface area contributed by atoms with Crippen LogP contribution in [0.3, 0.4) is 0 Å². The van der Waals surface area contributed by atoms with Crippen molar-refractivity contribution in [1.29, 1.82) is 0 Å². The van der Waals surface area contributed by atoms with Crippen LogP contribution in [-0.4, -0.2) is 26.8 Å². The van der Waals surface area contributed by atoms with Crippen molar-refractivity contribution in [2.75, 3.05) is 20.8 Å². The molecule has 0 N–H and O–H groups in total. The van der Waals surface area contributed by atoms with Gasteiger partial charge in [0, 0.05) is 6.08 Å². The monoisotopic (exact) mass is 250 g/mol. The zero-order chi connectivity index (χ0) is 13.4. The van der Waals surface area contributed by atoms with Gasteiger partial charge in [-0.3, -0.25) is 0 Å². The Kier molecular flexibility index (Phi) is 5.94. The predicted molar refractivity (Wildman–Crippen MR) is 68.4 cm³/mol. The highest BCUT2D eigenvalue weighted by Gasteiger charge is 1.98. The second-order valence-corrected chi connectivity index (χ2v) is 3.85. The first kappa shape index (κ1) is 14.3. The van der Waals surface area contributed by atoms with E-state index in [0.29, 0.717) is 13.2 Å². The number of benzene rings is 1. The van der Waals surface area contributed by atoms with E-state index in [-0.39, 0.29) is 5.97 Å². The number of methoxy groups -OCH3 is 2. The molecular weight excluding hydrogens is 232 g/mol. The van der Waals surface area contributed by atoms with Crippen LogP contribution in [-0.2, 0) is 20.9 Å². The molecule has 0 saturated heterocycles. The number of esters is 1. The molecule has 0 bridgehead atoms. The standard InChI is InChI=1S/C14H18O4/c1-11(8-14(15)17-3)9-18-10-12-4-6-13(16-2)7-5-12/h4-8H,9-10H2,1-3H3/b11-8-. The van der Waals surface area contributed by atoms with Gasteiger partial charge in [-0.15, -0.1) is 0 Å².